The SMILES string of the molecule is CC(C)(C)OC(=O)C1C(c2ccc(Cl)cc2)=CSC1NC(=O)Nc1cccc(F)c1. The number of carbonyl (C=O) groups excluding carboxylic acids is 2. The van der Waals surface area contributed by atoms with E-state index in [4.69, 9.17) is 16.3 Å². The van der Waals surface area contributed by atoms with E-state index in [1.54, 1.807) is 39.0 Å². The third-order valence-corrected chi connectivity index (χ3v) is 5.50. The van der Waals surface area contributed by atoms with Crippen LogP contribution in [0.1, 0.15) is 26.3 Å². The Bertz CT molecular complexity index is 973. The zero-order valence-electron chi connectivity index (χ0n) is 16.7. The van der Waals surface area contributed by atoms with Crippen molar-refractivity contribution in [1.82, 2.24) is 5.32 Å². The second-order valence-corrected chi connectivity index (χ2v) is 9.21. The minimum absolute atomic E-state index is 0.315. The number of thioether (sulfide) groups is 1. The standard InChI is InChI=1S/C22H22ClFN2O3S/c1-22(2,3)29-20(27)18-17(13-7-9-14(23)10-8-13)12-30-19(18)26-21(28)25-16-6-4-5-15(24)11-16/h4-12,18-19H,1-3H3,(H2,25,26,28). The van der Waals surface area contributed by atoms with Gasteiger partial charge in [0.15, 0.2) is 0 Å². The van der Waals surface area contributed by atoms with E-state index in [0.29, 0.717) is 10.7 Å². The molecule has 0 radical (unpaired) electrons. The number of hydrogen-bond donors (Lipinski definition) is 2. The molecular weight excluding hydrogens is 427 g/mol. The van der Waals surface area contributed by atoms with Crippen LogP contribution in [-0.4, -0.2) is 23.0 Å². The van der Waals surface area contributed by atoms with Gasteiger partial charge in [-0.25, -0.2) is 9.18 Å². The number of nitrogens with one attached hydrogen (secondary N) is 2. The molecule has 0 saturated heterocycles. The van der Waals surface area contributed by atoms with E-state index in [1.807, 2.05) is 17.5 Å². The number of amides is 2. The van der Waals surface area contributed by atoms with Crippen LogP contribution in [0.25, 0.3) is 5.57 Å². The Kier molecular flexibility index (Phi) is 6.73. The van der Waals surface area contributed by atoms with Gasteiger partial charge in [-0.15, -0.1) is 11.8 Å². The number of urea groups is 1. The van der Waals surface area contributed by atoms with Crippen molar-refractivity contribution in [2.45, 2.75) is 31.7 Å². The molecule has 2 aromatic rings. The summed E-state index contributed by atoms with van der Waals surface area (Å²) < 4.78 is 19.0. The fourth-order valence-corrected chi connectivity index (χ4v) is 4.24. The molecule has 5 nitrogen and oxygen atoms in total. The van der Waals surface area contributed by atoms with E-state index >= 15 is 0 Å². The molecule has 1 aliphatic heterocycles. The fourth-order valence-electron chi connectivity index (χ4n) is 2.95. The Balaban J connectivity index is 1.79. The third kappa shape index (κ3) is 5.77. The van der Waals surface area contributed by atoms with Crippen molar-refractivity contribution in [2.75, 3.05) is 5.32 Å². The molecule has 8 heteroatoms. The van der Waals surface area contributed by atoms with E-state index < -0.39 is 34.7 Å². The highest BCUT2D eigenvalue weighted by atomic mass is 35.5. The largest absolute Gasteiger partial charge is 0.459 e. The fraction of sp³-hybridized carbons (Fsp3) is 0.273. The summed E-state index contributed by atoms with van der Waals surface area (Å²) in [5.74, 6) is -1.61. The lowest BCUT2D eigenvalue weighted by Crippen LogP contribution is -2.43. The summed E-state index contributed by atoms with van der Waals surface area (Å²) in [6.45, 7) is 5.37. The van der Waals surface area contributed by atoms with Crippen LogP contribution >= 0.6 is 23.4 Å². The van der Waals surface area contributed by atoms with Crippen molar-refractivity contribution in [3.63, 3.8) is 0 Å². The lowest BCUT2D eigenvalue weighted by atomic mass is 9.93. The molecule has 1 heterocycles. The highest BCUT2D eigenvalue weighted by molar-refractivity contribution is 8.03. The van der Waals surface area contributed by atoms with Crippen LogP contribution in [0.2, 0.25) is 5.02 Å². The number of anilines is 1. The van der Waals surface area contributed by atoms with Crippen molar-refractivity contribution in [3.8, 4) is 0 Å². The molecule has 0 aliphatic carbocycles. The third-order valence-electron chi connectivity index (χ3n) is 4.17. The van der Waals surface area contributed by atoms with Gasteiger partial charge in [-0.3, -0.25) is 4.79 Å². The number of benzene rings is 2. The van der Waals surface area contributed by atoms with Gasteiger partial charge in [-0.1, -0.05) is 29.8 Å². The summed E-state index contributed by atoms with van der Waals surface area (Å²) in [4.78, 5) is 25.5. The minimum Gasteiger partial charge on any atom is -0.459 e. The molecule has 158 valence electrons. The van der Waals surface area contributed by atoms with Crippen LogP contribution in [0.3, 0.4) is 0 Å². The van der Waals surface area contributed by atoms with Crippen LogP contribution in [0, 0.1) is 11.7 Å². The predicted molar refractivity (Wildman–Crippen MR) is 119 cm³/mol. The topological polar surface area (TPSA) is 67.4 Å². The average molecular weight is 449 g/mol. The van der Waals surface area contributed by atoms with E-state index in [0.717, 1.165) is 11.1 Å². The first-order chi connectivity index (χ1) is 14.1. The zero-order chi connectivity index (χ0) is 21.9. The Morgan fingerprint density at radius 3 is 2.47 bits per heavy atom. The van der Waals surface area contributed by atoms with Crippen LogP contribution in [0.5, 0.6) is 0 Å². The van der Waals surface area contributed by atoms with Gasteiger partial charge in [-0.05, 0) is 67.6 Å². The molecule has 0 aromatic heterocycles. The summed E-state index contributed by atoms with van der Waals surface area (Å²) in [7, 11) is 0. The maximum Gasteiger partial charge on any atom is 0.320 e. The first-order valence-electron chi connectivity index (χ1n) is 9.30. The summed E-state index contributed by atoms with van der Waals surface area (Å²) in [5.41, 5.74) is 1.19. The second kappa shape index (κ2) is 9.10. The monoisotopic (exact) mass is 448 g/mol. The molecule has 30 heavy (non-hydrogen) atoms. The first-order valence-corrected chi connectivity index (χ1v) is 10.6. The summed E-state index contributed by atoms with van der Waals surface area (Å²) in [5, 5.41) is 7.21. The number of halogens is 2. The quantitative estimate of drug-likeness (QED) is 0.591. The molecule has 0 spiro atoms. The minimum atomic E-state index is -0.714. The van der Waals surface area contributed by atoms with Crippen molar-refractivity contribution in [3.05, 3.63) is 70.3 Å². The van der Waals surface area contributed by atoms with Crippen molar-refractivity contribution >= 4 is 46.6 Å². The van der Waals surface area contributed by atoms with Gasteiger partial charge in [0.25, 0.3) is 0 Å². The van der Waals surface area contributed by atoms with Gasteiger partial charge >= 0.3 is 12.0 Å². The Hall–Kier alpha value is -2.51. The van der Waals surface area contributed by atoms with Crippen LogP contribution < -0.4 is 10.6 Å². The smallest absolute Gasteiger partial charge is 0.320 e. The van der Waals surface area contributed by atoms with Crippen LogP contribution in [0.15, 0.2) is 53.9 Å². The number of hydrogen-bond acceptors (Lipinski definition) is 4. The summed E-state index contributed by atoms with van der Waals surface area (Å²) >= 11 is 7.29. The molecule has 0 bridgehead atoms. The molecule has 0 fully saturated rings. The second-order valence-electron chi connectivity index (χ2n) is 7.76. The molecule has 0 saturated carbocycles. The van der Waals surface area contributed by atoms with Gasteiger partial charge in [-0.2, -0.15) is 0 Å². The maximum atomic E-state index is 13.4. The molecular formula is C22H22ClFN2O3S. The molecule has 2 unspecified atom stereocenters. The Morgan fingerprint density at radius 1 is 1.13 bits per heavy atom. The molecule has 2 aromatic carbocycles. The van der Waals surface area contributed by atoms with Gasteiger partial charge < -0.3 is 15.4 Å². The average Bonchev–Trinajstić information content (AvgIpc) is 3.04. The van der Waals surface area contributed by atoms with Crippen molar-refractivity contribution < 1.29 is 18.7 Å². The number of carbonyl (C=O) groups is 2. The molecule has 2 atom stereocenters. The highest BCUT2D eigenvalue weighted by Crippen LogP contribution is 2.41. The summed E-state index contributed by atoms with van der Waals surface area (Å²) in [6, 6.07) is 12.2. The molecule has 2 amide bonds. The highest BCUT2D eigenvalue weighted by Gasteiger charge is 2.40. The van der Waals surface area contributed by atoms with E-state index in [9.17, 15) is 14.0 Å². The molecule has 2 N–H and O–H groups in total. The van der Waals surface area contributed by atoms with Gasteiger partial charge in [0.05, 0.1) is 5.37 Å². The lowest BCUT2D eigenvalue weighted by Gasteiger charge is -2.27. The van der Waals surface area contributed by atoms with E-state index in [2.05, 4.69) is 10.6 Å². The Morgan fingerprint density at radius 2 is 1.83 bits per heavy atom. The van der Waals surface area contributed by atoms with Crippen LogP contribution in [-0.2, 0) is 9.53 Å². The first kappa shape index (κ1) is 22.2. The maximum absolute atomic E-state index is 13.4. The van der Waals surface area contributed by atoms with Gasteiger partial charge in [0, 0.05) is 10.7 Å². The van der Waals surface area contributed by atoms with Gasteiger partial charge in [0.1, 0.15) is 17.3 Å². The lowest BCUT2D eigenvalue weighted by molar-refractivity contribution is -0.157. The number of esters is 1. The van der Waals surface area contributed by atoms with Crippen LogP contribution in [0.4, 0.5) is 14.9 Å². The van der Waals surface area contributed by atoms with E-state index in [-0.39, 0.29) is 0 Å². The molecule has 3 rings (SSSR count). The van der Waals surface area contributed by atoms with E-state index in [1.165, 1.54) is 30.0 Å². The number of ether oxygens (including phenoxy) is 1. The van der Waals surface area contributed by atoms with Gasteiger partial charge in [0.2, 0.25) is 0 Å². The predicted octanol–water partition coefficient (Wildman–Crippen LogP) is 5.67. The van der Waals surface area contributed by atoms with Crippen molar-refractivity contribution in [2.24, 2.45) is 5.92 Å². The van der Waals surface area contributed by atoms with Crippen molar-refractivity contribution in [1.29, 1.82) is 0 Å². The normalized spacial score (nSPS) is 18.5. The zero-order valence-corrected chi connectivity index (χ0v) is 18.3. The summed E-state index contributed by atoms with van der Waals surface area (Å²) in [6.07, 6.45) is 0. The molecule has 1 aliphatic rings. The Labute approximate surface area is 184 Å². The number of rotatable bonds is 4.